The highest BCUT2D eigenvalue weighted by molar-refractivity contribution is 7.09. The van der Waals surface area contributed by atoms with Gasteiger partial charge >= 0.3 is 5.97 Å². The average Bonchev–Trinajstić information content (AvgIpc) is 1.46. The van der Waals surface area contributed by atoms with Gasteiger partial charge in [-0.15, -0.1) is 11.3 Å². The zero-order chi connectivity index (χ0) is 64.6. The quantitative estimate of drug-likeness (QED) is 0.0385. The van der Waals surface area contributed by atoms with Crippen molar-refractivity contribution in [2.45, 2.75) is 191 Å². The number of ether oxygens (including phenoxy) is 6. The Morgan fingerprint density at radius 3 is 2.18 bits per heavy atom. The van der Waals surface area contributed by atoms with Gasteiger partial charge in [0.25, 0.3) is 11.7 Å². The fourth-order valence-electron chi connectivity index (χ4n) is 11.7. The number of hydrogen-bond donors (Lipinski definition) is 8. The predicted octanol–water partition coefficient (Wildman–Crippen LogP) is 0.996. The molecule has 0 saturated carbocycles. The van der Waals surface area contributed by atoms with E-state index < -0.39 is 158 Å². The van der Waals surface area contributed by atoms with Crippen LogP contribution < -0.4 is 16.0 Å². The second-order valence-electron chi connectivity index (χ2n) is 23.4. The fourth-order valence-corrected chi connectivity index (χ4v) is 12.4. The van der Waals surface area contributed by atoms with Gasteiger partial charge in [-0.1, -0.05) is 90.4 Å². The second-order valence-corrected chi connectivity index (χ2v) is 24.3. The van der Waals surface area contributed by atoms with Crippen molar-refractivity contribution < 1.29 is 92.4 Å². The minimum atomic E-state index is -2.67. The summed E-state index contributed by atoms with van der Waals surface area (Å²) in [5.74, 6) is -9.21. The van der Waals surface area contributed by atoms with Gasteiger partial charge in [-0.3, -0.25) is 28.8 Å². The molecule has 8 N–H and O–H groups in total. The molecule has 3 aliphatic rings. The number of likely N-dealkylation sites (tertiary alicyclic amines) is 1. The standard InChI is InChI=1S/C59H92N8O19S/c1-14-33(6)48(40(80-11)26-43(70)67-23-18-21-38(67)52(81-12)34(7)53(75)63-37(55-60-22-24-87-55)25-36-19-16-15-17-20-36)66(10)56(77)45(31(2)3)64-54(76)47(32(4)5)65(9)44(71)30-84-61-28-41-46(62-35(8)68)39(69)27-59(86-41,58(78)79)83-29-42-49(72)50(73)51(74)57(82-13)85-42/h15-17,19-20,22,24,28,31-34,37-42,45-52,57,69,72-74H,14,18,21,23,25-27,29-30H2,1-13H3,(H,62,68)(H,63,75)(H,64,76)(H,78,79)/b61-28+. The van der Waals surface area contributed by atoms with Crippen LogP contribution in [0.4, 0.5) is 0 Å². The van der Waals surface area contributed by atoms with Crippen LogP contribution in [0.5, 0.6) is 0 Å². The smallest absolute Gasteiger partial charge is 0.364 e. The zero-order valence-electron chi connectivity index (χ0n) is 52.0. The van der Waals surface area contributed by atoms with E-state index in [1.54, 1.807) is 59.9 Å². The number of carboxylic acids is 1. The highest BCUT2D eigenvalue weighted by atomic mass is 32.1. The number of carbonyl (C=O) groups excluding carboxylic acids is 6. The van der Waals surface area contributed by atoms with Gasteiger partial charge in [0.05, 0.1) is 67.6 Å². The van der Waals surface area contributed by atoms with Crippen LogP contribution >= 0.6 is 11.3 Å². The third-order valence-corrected chi connectivity index (χ3v) is 17.6. The minimum absolute atomic E-state index is 0.104. The lowest BCUT2D eigenvalue weighted by Gasteiger charge is -2.45. The Hall–Kier alpha value is -5.79. The number of nitrogens with one attached hydrogen (secondary N) is 3. The predicted molar refractivity (Wildman–Crippen MR) is 315 cm³/mol. The maximum Gasteiger partial charge on any atom is 0.364 e. The number of nitrogens with zero attached hydrogens (tertiary/aromatic N) is 5. The highest BCUT2D eigenvalue weighted by Crippen LogP contribution is 2.34. The average molecular weight is 1250 g/mol. The summed E-state index contributed by atoms with van der Waals surface area (Å²) in [5, 5.41) is 67.6. The molecule has 0 spiro atoms. The zero-order valence-corrected chi connectivity index (χ0v) is 52.9. The summed E-state index contributed by atoms with van der Waals surface area (Å²) in [6.45, 7) is 12.7. The SMILES string of the molecule is CCC(C)C(C(CC(=O)N1CCCC1C(OC)C(C)C(=O)NC(Cc1ccccc1)c1nccs1)OC)N(C)C(=O)C(NC(=O)C(C(C)C)N(C)C(=O)CO/N=C/C1OC(OCC2OC(OC)C(O)C(O)C2O)(C(=O)O)CC(O)C1NC(C)=O)C(C)C. The van der Waals surface area contributed by atoms with Gasteiger partial charge < -0.3 is 89.4 Å². The number of carbonyl (C=O) groups is 7. The van der Waals surface area contributed by atoms with Gasteiger partial charge in [-0.2, -0.15) is 0 Å². The minimum Gasteiger partial charge on any atom is -0.477 e. The number of aliphatic hydroxyl groups is 4. The lowest BCUT2D eigenvalue weighted by molar-refractivity contribution is -0.324. The van der Waals surface area contributed by atoms with Gasteiger partial charge in [0.2, 0.25) is 29.5 Å². The first-order valence-electron chi connectivity index (χ1n) is 29.5. The number of benzene rings is 1. The van der Waals surface area contributed by atoms with E-state index in [9.17, 15) is 59.1 Å². The number of amides is 6. The Labute approximate surface area is 512 Å². The van der Waals surface area contributed by atoms with E-state index in [2.05, 4.69) is 26.1 Å². The fraction of sp³-hybridized carbons (Fsp3) is 0.712. The molecule has 3 saturated heterocycles. The van der Waals surface area contributed by atoms with Gasteiger partial charge in [-0.25, -0.2) is 9.78 Å². The van der Waals surface area contributed by atoms with Crippen molar-refractivity contribution in [1.82, 2.24) is 35.6 Å². The summed E-state index contributed by atoms with van der Waals surface area (Å²) in [6, 6.07) is 4.77. The van der Waals surface area contributed by atoms with Gasteiger partial charge in [0.1, 0.15) is 47.6 Å². The van der Waals surface area contributed by atoms with Crippen molar-refractivity contribution in [3.63, 3.8) is 0 Å². The van der Waals surface area contributed by atoms with E-state index in [4.69, 9.17) is 33.3 Å². The van der Waals surface area contributed by atoms with Crippen LogP contribution in [0.2, 0.25) is 0 Å². The van der Waals surface area contributed by atoms with Gasteiger partial charge in [-0.05, 0) is 42.6 Å². The first-order valence-corrected chi connectivity index (χ1v) is 30.3. The van der Waals surface area contributed by atoms with Crippen molar-refractivity contribution in [3.8, 4) is 0 Å². The maximum atomic E-state index is 14.8. The number of aromatic nitrogens is 1. The molecule has 3 aliphatic heterocycles. The molecule has 18 unspecified atom stereocenters. The number of aliphatic carboxylic acids is 1. The van der Waals surface area contributed by atoms with Crippen molar-refractivity contribution in [1.29, 1.82) is 0 Å². The molecular formula is C59H92N8O19S. The molecular weight excluding hydrogens is 1160 g/mol. The van der Waals surface area contributed by atoms with Crippen molar-refractivity contribution in [2.75, 3.05) is 55.2 Å². The Morgan fingerprint density at radius 1 is 0.920 bits per heavy atom. The number of methoxy groups -OCH3 is 3. The molecule has 3 fully saturated rings. The number of aliphatic hydroxyl groups excluding tert-OH is 4. The molecule has 4 heterocycles. The normalized spacial score (nSPS) is 26.9. The molecule has 0 bridgehead atoms. The van der Waals surface area contributed by atoms with E-state index in [0.29, 0.717) is 32.2 Å². The number of thiazole rings is 1. The van der Waals surface area contributed by atoms with Crippen molar-refractivity contribution in [2.24, 2.45) is 28.8 Å². The third kappa shape index (κ3) is 18.2. The summed E-state index contributed by atoms with van der Waals surface area (Å²) in [4.78, 5) is 111. The van der Waals surface area contributed by atoms with E-state index in [0.717, 1.165) is 28.6 Å². The summed E-state index contributed by atoms with van der Waals surface area (Å²) < 4.78 is 34.1. The van der Waals surface area contributed by atoms with Crippen molar-refractivity contribution in [3.05, 3.63) is 52.5 Å². The van der Waals surface area contributed by atoms with Crippen molar-refractivity contribution >= 4 is 59.0 Å². The van der Waals surface area contributed by atoms with Gasteiger partial charge in [0.15, 0.2) is 12.9 Å². The number of carboxylic acid groups (broad SMARTS) is 1. The Balaban J connectivity index is 1.25. The van der Waals surface area contributed by atoms with E-state index >= 15 is 0 Å². The molecule has 488 valence electrons. The molecule has 2 aromatic rings. The monoisotopic (exact) mass is 1250 g/mol. The molecule has 0 aliphatic carbocycles. The van der Waals surface area contributed by atoms with Crippen LogP contribution in [0.1, 0.15) is 104 Å². The number of likely N-dealkylation sites (N-methyl/N-ethyl adjacent to an activating group) is 2. The number of oxime groups is 1. The first-order chi connectivity index (χ1) is 41.2. The molecule has 87 heavy (non-hydrogen) atoms. The molecule has 18 atom stereocenters. The molecule has 28 heteroatoms. The van der Waals surface area contributed by atoms with Crippen LogP contribution in [0.3, 0.4) is 0 Å². The molecule has 1 aromatic carbocycles. The lowest BCUT2D eigenvalue weighted by Crippen LogP contribution is -2.65. The van der Waals surface area contributed by atoms with Gasteiger partial charge in [0, 0.05) is 66.9 Å². The Kier molecular flexibility index (Phi) is 27.4. The molecule has 5 rings (SSSR count). The number of hydrogen-bond acceptors (Lipinski definition) is 21. The largest absolute Gasteiger partial charge is 0.477 e. The van der Waals surface area contributed by atoms with E-state index in [1.807, 2.05) is 49.6 Å². The topological polar surface area (TPSA) is 356 Å². The van der Waals surface area contributed by atoms with Crippen LogP contribution in [0.25, 0.3) is 0 Å². The molecule has 0 radical (unpaired) electrons. The second kappa shape index (κ2) is 33.2. The molecule has 1 aromatic heterocycles. The summed E-state index contributed by atoms with van der Waals surface area (Å²) in [6.07, 6.45) is -8.59. The highest BCUT2D eigenvalue weighted by Gasteiger charge is 2.55. The number of rotatable bonds is 31. The van der Waals surface area contributed by atoms with Crippen LogP contribution in [-0.2, 0) is 73.2 Å². The van der Waals surface area contributed by atoms with Crippen LogP contribution in [0, 0.1) is 23.7 Å². The van der Waals surface area contributed by atoms with E-state index in [-0.39, 0.29) is 30.2 Å². The Bertz CT molecular complexity index is 2590. The maximum absolute atomic E-state index is 14.8. The van der Waals surface area contributed by atoms with Crippen LogP contribution in [-0.4, -0.2) is 239 Å². The molecule has 6 amide bonds. The lowest BCUT2D eigenvalue weighted by atomic mass is 9.89. The molecule has 27 nitrogen and oxygen atoms in total. The third-order valence-electron chi connectivity index (χ3n) is 16.7. The summed E-state index contributed by atoms with van der Waals surface area (Å²) >= 11 is 1.46. The Morgan fingerprint density at radius 2 is 1.61 bits per heavy atom. The van der Waals surface area contributed by atoms with E-state index in [1.165, 1.54) is 37.5 Å². The summed E-state index contributed by atoms with van der Waals surface area (Å²) in [5.41, 5.74) is 1.04. The first kappa shape index (κ1) is 72.0. The van der Waals surface area contributed by atoms with Crippen LogP contribution in [0.15, 0.2) is 47.1 Å². The summed E-state index contributed by atoms with van der Waals surface area (Å²) in [7, 11) is 7.18.